The van der Waals surface area contributed by atoms with Crippen LogP contribution in [0.1, 0.15) is 13.8 Å². The molecule has 1 N–H and O–H groups in total. The maximum atomic E-state index is 10.9. The van der Waals surface area contributed by atoms with Crippen molar-refractivity contribution in [3.05, 3.63) is 18.2 Å². The van der Waals surface area contributed by atoms with Gasteiger partial charge < -0.3 is 14.6 Å². The summed E-state index contributed by atoms with van der Waals surface area (Å²) >= 11 is -2.39. The van der Waals surface area contributed by atoms with Gasteiger partial charge in [0.1, 0.15) is 5.75 Å². The zero-order valence-corrected chi connectivity index (χ0v) is 12.8. The third-order valence-electron chi connectivity index (χ3n) is 1.74. The number of hydrogen-bond donors (Lipinski definition) is 1. The molecule has 88 valence electrons. The molecule has 1 aromatic rings. The van der Waals surface area contributed by atoms with E-state index >= 15 is 0 Å². The van der Waals surface area contributed by atoms with Crippen molar-refractivity contribution in [2.45, 2.75) is 18.7 Å². The van der Waals surface area contributed by atoms with E-state index in [0.717, 1.165) is 0 Å². The molecule has 0 heterocycles. The van der Waals surface area contributed by atoms with Crippen molar-refractivity contribution >= 4 is 22.7 Å². The van der Waals surface area contributed by atoms with Gasteiger partial charge in [-0.1, -0.05) is 0 Å². The number of nitrogens with one attached hydrogen (secondary N) is 1. The molecule has 0 fully saturated rings. The minimum Gasteiger partial charge on any atom is -0.768 e. The van der Waals surface area contributed by atoms with E-state index in [1.807, 2.05) is 0 Å². The van der Waals surface area contributed by atoms with Gasteiger partial charge in [-0.05, 0) is 36.2 Å². The van der Waals surface area contributed by atoms with E-state index in [0.29, 0.717) is 12.3 Å². The van der Waals surface area contributed by atoms with E-state index in [-0.39, 0.29) is 46.1 Å². The number of carbonyl (C=O) groups is 1. The third kappa shape index (κ3) is 5.18. The molecule has 1 unspecified atom stereocenters. The van der Waals surface area contributed by atoms with Crippen LogP contribution in [0, 0.1) is 0 Å². The molecule has 0 aliphatic heterocycles. The predicted molar refractivity (Wildman–Crippen MR) is 59.1 cm³/mol. The quantitative estimate of drug-likeness (QED) is 0.519. The van der Waals surface area contributed by atoms with E-state index < -0.39 is 11.1 Å². The van der Waals surface area contributed by atoms with E-state index in [1.54, 1.807) is 13.0 Å². The zero-order valence-electron chi connectivity index (χ0n) is 9.98. The molecular formula is C10H12NNaO4S. The second-order valence-corrected chi connectivity index (χ2v) is 3.92. The molecule has 1 aromatic carbocycles. The van der Waals surface area contributed by atoms with Crippen LogP contribution in [0.25, 0.3) is 0 Å². The van der Waals surface area contributed by atoms with Crippen molar-refractivity contribution in [2.75, 3.05) is 11.9 Å². The summed E-state index contributed by atoms with van der Waals surface area (Å²) in [5, 5.41) is 2.50. The smallest absolute Gasteiger partial charge is 0.768 e. The zero-order chi connectivity index (χ0) is 12.1. The number of hydrogen-bond acceptors (Lipinski definition) is 4. The monoisotopic (exact) mass is 265 g/mol. The Balaban J connectivity index is 0.00000256. The van der Waals surface area contributed by atoms with Crippen LogP contribution in [0.3, 0.4) is 0 Å². The molecule has 0 radical (unpaired) electrons. The molecule has 17 heavy (non-hydrogen) atoms. The summed E-state index contributed by atoms with van der Waals surface area (Å²) < 4.78 is 27.0. The number of ether oxygens (including phenoxy) is 1. The van der Waals surface area contributed by atoms with Gasteiger partial charge in [-0.15, -0.1) is 0 Å². The molecule has 1 rings (SSSR count). The first-order valence-corrected chi connectivity index (χ1v) is 5.75. The van der Waals surface area contributed by atoms with Crippen LogP contribution in [-0.4, -0.2) is 21.3 Å². The maximum absolute atomic E-state index is 10.9. The Bertz CT molecular complexity index is 425. The average molecular weight is 265 g/mol. The first-order valence-electron chi connectivity index (χ1n) is 4.68. The molecule has 0 saturated heterocycles. The minimum absolute atomic E-state index is 0. The standard InChI is InChI=1S/C10H13NO4S.Na/c1-3-15-9-5-4-8(11-7(2)12)6-10(9)16(13)14;/h4-6H,3H2,1-2H3,(H,11,12)(H,13,14);/q;+1/p-1. The van der Waals surface area contributed by atoms with Crippen molar-refractivity contribution in [3.8, 4) is 5.75 Å². The third-order valence-corrected chi connectivity index (χ3v) is 2.42. The number of carbonyl (C=O) groups excluding carboxylic acids is 1. The molecule has 1 amide bonds. The Hall–Kier alpha value is -0.400. The fourth-order valence-corrected chi connectivity index (χ4v) is 1.71. The summed E-state index contributed by atoms with van der Waals surface area (Å²) in [6.45, 7) is 3.49. The summed E-state index contributed by atoms with van der Waals surface area (Å²) in [5.41, 5.74) is 0.426. The molecular weight excluding hydrogens is 253 g/mol. The van der Waals surface area contributed by atoms with Gasteiger partial charge in [0, 0.05) is 12.6 Å². The van der Waals surface area contributed by atoms with Crippen molar-refractivity contribution in [2.24, 2.45) is 0 Å². The maximum Gasteiger partial charge on any atom is 1.00 e. The molecule has 1 atom stereocenters. The fourth-order valence-electron chi connectivity index (χ4n) is 1.19. The first-order chi connectivity index (χ1) is 7.54. The summed E-state index contributed by atoms with van der Waals surface area (Å²) in [6.07, 6.45) is 0. The van der Waals surface area contributed by atoms with Gasteiger partial charge in [0.05, 0.1) is 11.5 Å². The van der Waals surface area contributed by atoms with Crippen molar-refractivity contribution < 1.29 is 47.9 Å². The Morgan fingerprint density at radius 1 is 1.53 bits per heavy atom. The molecule has 0 aliphatic rings. The predicted octanol–water partition coefficient (Wildman–Crippen LogP) is -1.71. The van der Waals surface area contributed by atoms with Crippen LogP contribution in [0.15, 0.2) is 23.1 Å². The molecule has 0 bridgehead atoms. The summed E-state index contributed by atoms with van der Waals surface area (Å²) in [4.78, 5) is 10.8. The summed E-state index contributed by atoms with van der Waals surface area (Å²) in [7, 11) is 0. The first kappa shape index (κ1) is 16.6. The molecule has 0 saturated carbocycles. The summed E-state index contributed by atoms with van der Waals surface area (Å²) in [5.74, 6) is 0.0247. The van der Waals surface area contributed by atoms with Crippen LogP contribution in [0.5, 0.6) is 5.75 Å². The molecule has 0 spiro atoms. The normalized spacial score (nSPS) is 11.2. The second-order valence-electron chi connectivity index (χ2n) is 3.01. The van der Waals surface area contributed by atoms with E-state index in [9.17, 15) is 13.6 Å². The largest absolute Gasteiger partial charge is 1.00 e. The van der Waals surface area contributed by atoms with Crippen molar-refractivity contribution in [1.82, 2.24) is 0 Å². The molecule has 0 aliphatic carbocycles. The van der Waals surface area contributed by atoms with Crippen molar-refractivity contribution in [3.63, 3.8) is 0 Å². The van der Waals surface area contributed by atoms with Gasteiger partial charge in [-0.25, -0.2) is 0 Å². The SMILES string of the molecule is CCOc1ccc(NC(C)=O)cc1S(=O)[O-].[Na+]. The van der Waals surface area contributed by atoms with Gasteiger partial charge in [-0.2, -0.15) is 0 Å². The number of benzene rings is 1. The van der Waals surface area contributed by atoms with Crippen LogP contribution in [0.4, 0.5) is 5.69 Å². The van der Waals surface area contributed by atoms with Gasteiger partial charge >= 0.3 is 29.6 Å². The molecule has 0 aromatic heterocycles. The van der Waals surface area contributed by atoms with Gasteiger partial charge in [0.25, 0.3) is 0 Å². The molecule has 5 nitrogen and oxygen atoms in total. The fraction of sp³-hybridized carbons (Fsp3) is 0.300. The number of amides is 1. The number of anilines is 1. The van der Waals surface area contributed by atoms with Crippen LogP contribution < -0.4 is 39.6 Å². The van der Waals surface area contributed by atoms with Crippen LogP contribution >= 0.6 is 0 Å². The van der Waals surface area contributed by atoms with E-state index in [4.69, 9.17) is 4.74 Å². The minimum atomic E-state index is -2.39. The van der Waals surface area contributed by atoms with Gasteiger partial charge in [-0.3, -0.25) is 9.00 Å². The Morgan fingerprint density at radius 2 is 2.18 bits per heavy atom. The molecule has 7 heteroatoms. The Morgan fingerprint density at radius 3 is 2.65 bits per heavy atom. The van der Waals surface area contributed by atoms with Crippen LogP contribution in [-0.2, 0) is 15.9 Å². The van der Waals surface area contributed by atoms with E-state index in [2.05, 4.69) is 5.32 Å². The van der Waals surface area contributed by atoms with Crippen LogP contribution in [0.2, 0.25) is 0 Å². The van der Waals surface area contributed by atoms with Gasteiger partial charge in [0.15, 0.2) is 0 Å². The Labute approximate surface area is 125 Å². The average Bonchev–Trinajstić information content (AvgIpc) is 2.19. The number of rotatable bonds is 4. The summed E-state index contributed by atoms with van der Waals surface area (Å²) in [6, 6.07) is 4.46. The van der Waals surface area contributed by atoms with Crippen molar-refractivity contribution in [1.29, 1.82) is 0 Å². The second kappa shape index (κ2) is 7.84. The Kier molecular flexibility index (Phi) is 7.65. The topological polar surface area (TPSA) is 78.5 Å². The van der Waals surface area contributed by atoms with Gasteiger partial charge in [0.2, 0.25) is 5.91 Å². The van der Waals surface area contributed by atoms with E-state index in [1.165, 1.54) is 19.1 Å².